The number of hydrogen-bond donors (Lipinski definition) is 1. The third kappa shape index (κ3) is 5.26. The number of nitrogens with one attached hydrogen (secondary N) is 1. The Morgan fingerprint density at radius 3 is 2.39 bits per heavy atom. The van der Waals surface area contributed by atoms with Crippen molar-refractivity contribution in [2.24, 2.45) is 0 Å². The van der Waals surface area contributed by atoms with Crippen molar-refractivity contribution < 1.29 is 47.5 Å². The summed E-state index contributed by atoms with van der Waals surface area (Å²) in [6.45, 7) is 5.63. The minimum absolute atomic E-state index is 0.0334. The van der Waals surface area contributed by atoms with E-state index < -0.39 is 40.9 Å². The molecule has 7 aliphatic heterocycles. The molecule has 7 atom stereocenters. The van der Waals surface area contributed by atoms with E-state index in [-0.39, 0.29) is 31.2 Å². The molecule has 0 aromatic heterocycles. The number of likely N-dealkylation sites (N-methyl/N-ethyl adjacent to an activating group) is 1. The van der Waals surface area contributed by atoms with Gasteiger partial charge in [0.2, 0.25) is 6.79 Å². The summed E-state index contributed by atoms with van der Waals surface area (Å²) in [6, 6.07) is 6.35. The van der Waals surface area contributed by atoms with E-state index in [0.717, 1.165) is 33.4 Å². The molecule has 2 fully saturated rings. The van der Waals surface area contributed by atoms with E-state index in [0.29, 0.717) is 70.8 Å². The van der Waals surface area contributed by atoms with Crippen LogP contribution < -0.4 is 38.5 Å². The Hall–Kier alpha value is -4.88. The molecule has 2 saturated heterocycles. The van der Waals surface area contributed by atoms with Crippen molar-refractivity contribution in [1.82, 2.24) is 15.1 Å². The minimum Gasteiger partial charge on any atom is -0.493 e. The molecule has 15 heteroatoms. The Morgan fingerprint density at radius 2 is 1.68 bits per heavy atom. The largest absolute Gasteiger partial charge is 0.493 e. The normalized spacial score (nSPS) is 28.2. The van der Waals surface area contributed by atoms with Gasteiger partial charge in [0.25, 0.3) is 0 Å². The summed E-state index contributed by atoms with van der Waals surface area (Å²) in [7, 11) is 8.55. The van der Waals surface area contributed by atoms with E-state index >= 15 is 0 Å². The smallest absolute Gasteiger partial charge is 0.331 e. The summed E-state index contributed by atoms with van der Waals surface area (Å²) >= 11 is 1.57. The van der Waals surface area contributed by atoms with Crippen molar-refractivity contribution in [1.29, 1.82) is 5.26 Å². The van der Waals surface area contributed by atoms with Crippen molar-refractivity contribution in [3.05, 3.63) is 62.7 Å². The van der Waals surface area contributed by atoms with Gasteiger partial charge in [-0.2, -0.15) is 5.26 Å². The molecule has 3 aromatic rings. The van der Waals surface area contributed by atoms with Gasteiger partial charge in [-0.05, 0) is 68.1 Å². The van der Waals surface area contributed by atoms with E-state index in [4.69, 9.17) is 37.9 Å². The first-order valence-corrected chi connectivity index (χ1v) is 20.1. The van der Waals surface area contributed by atoms with Gasteiger partial charge in [-0.25, -0.2) is 4.79 Å². The maximum atomic E-state index is 14.9. The molecule has 7 aliphatic rings. The average Bonchev–Trinajstić information content (AvgIpc) is 3.70. The number of fused-ring (bicyclic) bond motifs is 9. The second-order valence-corrected chi connectivity index (χ2v) is 16.6. The van der Waals surface area contributed by atoms with Crippen molar-refractivity contribution in [3.63, 3.8) is 0 Å². The summed E-state index contributed by atoms with van der Waals surface area (Å²) in [5, 5.41) is 14.3. The van der Waals surface area contributed by atoms with Gasteiger partial charge >= 0.3 is 11.9 Å². The maximum absolute atomic E-state index is 14.9. The molecule has 1 unspecified atom stereocenters. The van der Waals surface area contributed by atoms with Crippen LogP contribution in [0, 0.1) is 25.2 Å². The van der Waals surface area contributed by atoms with Crippen LogP contribution in [-0.2, 0) is 32.7 Å². The number of methoxy groups -OCH3 is 4. The molecule has 14 nitrogen and oxygen atoms in total. The third-order valence-corrected chi connectivity index (χ3v) is 14.3. The summed E-state index contributed by atoms with van der Waals surface area (Å²) in [5.74, 6) is 3.03. The summed E-state index contributed by atoms with van der Waals surface area (Å²) in [5.41, 5.74) is 5.51. The number of carbonyl (C=O) groups is 2. The number of thioether (sulfide) groups is 1. The van der Waals surface area contributed by atoms with Gasteiger partial charge in [-0.1, -0.05) is 6.07 Å². The first-order valence-electron chi connectivity index (χ1n) is 19.1. The summed E-state index contributed by atoms with van der Waals surface area (Å²) in [4.78, 5) is 32.5. The SMILES string of the molecule is COc1cc2c(cc1OC)[C@@]1(CS[C@@H]3c4c(OC(C)=O)c(C)c5c(c4[C@@H](COC1=O)N1C3[C@H]3c4c(cc(C)c(OC)c4OC)C[C@@H]([C@@H]1C#N)N3C)OCO5)NCC2. The zero-order valence-corrected chi connectivity index (χ0v) is 34.1. The molecule has 1 N–H and O–H groups in total. The van der Waals surface area contributed by atoms with Gasteiger partial charge in [0.05, 0.1) is 51.8 Å². The van der Waals surface area contributed by atoms with Crippen LogP contribution in [0.15, 0.2) is 18.2 Å². The highest BCUT2D eigenvalue weighted by Gasteiger charge is 2.62. The highest BCUT2D eigenvalue weighted by molar-refractivity contribution is 7.99. The standard InChI is InChI=1S/C42H46N4O10S/c1-19-11-23-12-25-26(15-43)46-27-16-53-41(48)42(24-14-29(50-6)28(49-5)13-22(24)9-10-44-42)17-57-40(34(46)33(45(25)4)30(23)38(52-8)35(19)51-7)32-31(27)39-37(54-18-55-39)20(2)36(32)56-21(3)47/h11,13-14,25-27,33-34,40,44H,9-10,12,16-18H2,1-8H3/t25-,26-,27+,33+,34?,40+,42+/m0/s1. The van der Waals surface area contributed by atoms with Crippen LogP contribution in [0.1, 0.15) is 68.8 Å². The zero-order valence-electron chi connectivity index (χ0n) is 33.3. The van der Waals surface area contributed by atoms with Crippen LogP contribution in [0.2, 0.25) is 0 Å². The first kappa shape index (κ1) is 37.7. The lowest BCUT2D eigenvalue weighted by atomic mass is 9.71. The fraction of sp³-hybridized carbons (Fsp3) is 0.500. The number of ether oxygens (including phenoxy) is 8. The van der Waals surface area contributed by atoms with E-state index in [1.165, 1.54) is 6.92 Å². The van der Waals surface area contributed by atoms with Crippen LogP contribution in [0.5, 0.6) is 40.2 Å². The van der Waals surface area contributed by atoms with Crippen molar-refractivity contribution >= 4 is 23.7 Å². The number of hydrogen-bond acceptors (Lipinski definition) is 15. The van der Waals surface area contributed by atoms with Gasteiger partial charge in [0.1, 0.15) is 18.4 Å². The first-order chi connectivity index (χ1) is 27.5. The number of benzene rings is 3. The second-order valence-electron chi connectivity index (χ2n) is 15.5. The molecule has 0 radical (unpaired) electrons. The van der Waals surface area contributed by atoms with Crippen molar-refractivity contribution in [3.8, 4) is 46.3 Å². The molecule has 300 valence electrons. The third-order valence-electron chi connectivity index (χ3n) is 12.8. The monoisotopic (exact) mass is 798 g/mol. The fourth-order valence-corrected chi connectivity index (χ4v) is 12.2. The second kappa shape index (κ2) is 13.9. The van der Waals surface area contributed by atoms with E-state index in [1.54, 1.807) is 40.2 Å². The molecular weight excluding hydrogens is 753 g/mol. The molecular formula is C42H46N4O10S. The Balaban J connectivity index is 1.33. The molecule has 0 aliphatic carbocycles. The lowest BCUT2D eigenvalue weighted by Gasteiger charge is -2.62. The van der Waals surface area contributed by atoms with Gasteiger partial charge in [-0.15, -0.1) is 11.8 Å². The molecule has 3 aromatic carbocycles. The predicted octanol–water partition coefficient (Wildman–Crippen LogP) is 4.59. The highest BCUT2D eigenvalue weighted by atomic mass is 32.2. The van der Waals surface area contributed by atoms with Gasteiger partial charge < -0.3 is 37.9 Å². The quantitative estimate of drug-likeness (QED) is 0.283. The fourth-order valence-electron chi connectivity index (χ4n) is 10.5. The number of carbonyl (C=O) groups excluding carboxylic acids is 2. The Morgan fingerprint density at radius 1 is 0.947 bits per heavy atom. The van der Waals surface area contributed by atoms with Gasteiger partial charge in [0, 0.05) is 53.6 Å². The molecule has 0 amide bonds. The molecule has 0 saturated carbocycles. The number of piperazine rings is 1. The number of aryl methyl sites for hydroxylation is 1. The van der Waals surface area contributed by atoms with E-state index in [9.17, 15) is 14.9 Å². The lowest BCUT2D eigenvalue weighted by Crippen LogP contribution is -2.69. The molecule has 1 spiro atoms. The van der Waals surface area contributed by atoms with Crippen LogP contribution in [-0.4, -0.2) is 101 Å². The Bertz CT molecular complexity index is 2260. The number of nitriles is 1. The van der Waals surface area contributed by atoms with Gasteiger partial charge in [-0.3, -0.25) is 19.9 Å². The lowest BCUT2D eigenvalue weighted by molar-refractivity contribution is -0.157. The number of esters is 2. The number of rotatable bonds is 5. The zero-order chi connectivity index (χ0) is 40.1. The van der Waals surface area contributed by atoms with Crippen LogP contribution >= 0.6 is 11.8 Å². The Kier molecular flexibility index (Phi) is 9.19. The van der Waals surface area contributed by atoms with Crippen molar-refractivity contribution in [2.45, 2.75) is 74.6 Å². The number of nitrogens with zero attached hydrogens (tertiary/aromatic N) is 3. The highest BCUT2D eigenvalue weighted by Crippen LogP contribution is 2.64. The van der Waals surface area contributed by atoms with Crippen LogP contribution in [0.3, 0.4) is 0 Å². The molecule has 57 heavy (non-hydrogen) atoms. The molecule has 7 heterocycles. The van der Waals surface area contributed by atoms with Gasteiger partial charge in [0.15, 0.2) is 40.0 Å². The van der Waals surface area contributed by atoms with Crippen molar-refractivity contribution in [2.75, 3.05) is 61.2 Å². The average molecular weight is 799 g/mol. The predicted molar refractivity (Wildman–Crippen MR) is 208 cm³/mol. The summed E-state index contributed by atoms with van der Waals surface area (Å²) in [6.07, 6.45) is 1.25. The topological polar surface area (TPSA) is 150 Å². The summed E-state index contributed by atoms with van der Waals surface area (Å²) < 4.78 is 48.7. The molecule has 4 bridgehead atoms. The maximum Gasteiger partial charge on any atom is 0.331 e. The van der Waals surface area contributed by atoms with E-state index in [1.807, 2.05) is 26.0 Å². The Labute approximate surface area is 335 Å². The minimum atomic E-state index is -1.28. The van der Waals surface area contributed by atoms with Crippen LogP contribution in [0.4, 0.5) is 0 Å². The van der Waals surface area contributed by atoms with Crippen LogP contribution in [0.25, 0.3) is 0 Å². The van der Waals surface area contributed by atoms with E-state index in [2.05, 4.69) is 34.3 Å². The molecule has 10 rings (SSSR count).